The van der Waals surface area contributed by atoms with E-state index in [1.807, 2.05) is 47.0 Å². The largest absolute Gasteiger partial charge is 0.417 e. The second kappa shape index (κ2) is 7.42. The maximum absolute atomic E-state index is 12.9. The third kappa shape index (κ3) is 4.21. The first-order valence-corrected chi connectivity index (χ1v) is 9.40. The number of aromatic nitrogens is 2. The Morgan fingerprint density at radius 1 is 1.24 bits per heavy atom. The summed E-state index contributed by atoms with van der Waals surface area (Å²) in [5.41, 5.74) is 1.69. The van der Waals surface area contributed by atoms with Crippen molar-refractivity contribution < 1.29 is 18.0 Å². The van der Waals surface area contributed by atoms with Crippen LogP contribution in [0.25, 0.3) is 10.9 Å². The van der Waals surface area contributed by atoms with E-state index in [-0.39, 0.29) is 18.4 Å². The summed E-state index contributed by atoms with van der Waals surface area (Å²) in [5, 5.41) is 4.08. The molecule has 0 aliphatic carbocycles. The zero-order valence-corrected chi connectivity index (χ0v) is 15.9. The smallest absolute Gasteiger partial charge is 0.368 e. The summed E-state index contributed by atoms with van der Waals surface area (Å²) in [7, 11) is 1.97. The number of carbonyl (C=O) groups excluding carboxylic acids is 1. The minimum Gasteiger partial charge on any atom is -0.368 e. The summed E-state index contributed by atoms with van der Waals surface area (Å²) in [4.78, 5) is 18.0. The average Bonchev–Trinajstić information content (AvgIpc) is 3.28. The van der Waals surface area contributed by atoms with Gasteiger partial charge in [0.2, 0.25) is 5.91 Å². The molecule has 2 aromatic heterocycles. The van der Waals surface area contributed by atoms with Gasteiger partial charge in [0.05, 0.1) is 23.9 Å². The molecule has 3 heterocycles. The molecule has 5 nitrogen and oxygen atoms in total. The first-order valence-electron chi connectivity index (χ1n) is 9.40. The van der Waals surface area contributed by atoms with Gasteiger partial charge in [-0.25, -0.2) is 0 Å². The number of hydrogen-bond acceptors (Lipinski definition) is 3. The number of alkyl halides is 3. The molecular formula is C21H21F3N4O. The van der Waals surface area contributed by atoms with Gasteiger partial charge < -0.3 is 14.8 Å². The molecule has 1 saturated heterocycles. The molecule has 1 aliphatic rings. The average molecular weight is 402 g/mol. The minimum absolute atomic E-state index is 0.0886. The van der Waals surface area contributed by atoms with E-state index in [0.29, 0.717) is 25.2 Å². The summed E-state index contributed by atoms with van der Waals surface area (Å²) in [6, 6.07) is 8.95. The van der Waals surface area contributed by atoms with E-state index < -0.39 is 11.7 Å². The highest BCUT2D eigenvalue weighted by Crippen LogP contribution is 2.31. The van der Waals surface area contributed by atoms with Crippen LogP contribution >= 0.6 is 0 Å². The van der Waals surface area contributed by atoms with E-state index in [4.69, 9.17) is 0 Å². The third-order valence-corrected chi connectivity index (χ3v) is 5.28. The topological polar surface area (TPSA) is 50.2 Å². The van der Waals surface area contributed by atoms with E-state index in [9.17, 15) is 18.0 Å². The second-order valence-electron chi connectivity index (χ2n) is 7.43. The number of benzene rings is 1. The molecule has 0 bridgehead atoms. The number of halogens is 3. The van der Waals surface area contributed by atoms with E-state index >= 15 is 0 Å². The molecule has 0 spiro atoms. The molecule has 8 heteroatoms. The lowest BCUT2D eigenvalue weighted by molar-refractivity contribution is -0.137. The van der Waals surface area contributed by atoms with E-state index in [0.717, 1.165) is 28.7 Å². The summed E-state index contributed by atoms with van der Waals surface area (Å²) in [5.74, 6) is -0.0886. The zero-order valence-electron chi connectivity index (χ0n) is 15.9. The van der Waals surface area contributed by atoms with Crippen LogP contribution in [0.3, 0.4) is 0 Å². The summed E-state index contributed by atoms with van der Waals surface area (Å²) >= 11 is 0. The SMILES string of the molecule is Cn1ccc2cc(CC(=O)NC3CCN(c4cncc(C(F)(F)F)c4)C3)ccc21. The van der Waals surface area contributed by atoms with Crippen LogP contribution in [0.4, 0.5) is 18.9 Å². The van der Waals surface area contributed by atoms with Crippen LogP contribution in [0.15, 0.2) is 48.9 Å². The normalized spacial score (nSPS) is 17.1. The van der Waals surface area contributed by atoms with Crippen molar-refractivity contribution in [2.75, 3.05) is 18.0 Å². The Balaban J connectivity index is 1.36. The van der Waals surface area contributed by atoms with E-state index in [2.05, 4.69) is 10.3 Å². The number of nitrogens with one attached hydrogen (secondary N) is 1. The standard InChI is InChI=1S/C21H21F3N4O/c1-27-6-4-15-8-14(2-3-19(15)27)9-20(29)26-17-5-7-28(13-17)18-10-16(11-25-12-18)21(22,23)24/h2-4,6,8,10-12,17H,5,7,9,13H2,1H3,(H,26,29). The van der Waals surface area contributed by atoms with Crippen LogP contribution in [0.5, 0.6) is 0 Å². The Bertz CT molecular complexity index is 1040. The van der Waals surface area contributed by atoms with Crippen LogP contribution in [0, 0.1) is 0 Å². The monoisotopic (exact) mass is 402 g/mol. The van der Waals surface area contributed by atoms with Crippen LogP contribution in [0.2, 0.25) is 0 Å². The Morgan fingerprint density at radius 3 is 2.86 bits per heavy atom. The third-order valence-electron chi connectivity index (χ3n) is 5.28. The van der Waals surface area contributed by atoms with Gasteiger partial charge in [-0.05, 0) is 41.6 Å². The number of rotatable bonds is 4. The molecule has 3 aromatic rings. The quantitative estimate of drug-likeness (QED) is 0.727. The molecule has 1 amide bonds. The molecule has 1 fully saturated rings. The number of carbonyl (C=O) groups is 1. The lowest BCUT2D eigenvalue weighted by atomic mass is 10.1. The number of anilines is 1. The van der Waals surface area contributed by atoms with Crippen molar-refractivity contribution in [2.45, 2.75) is 25.1 Å². The summed E-state index contributed by atoms with van der Waals surface area (Å²) in [6.45, 7) is 1.04. The van der Waals surface area contributed by atoms with Crippen LogP contribution in [0.1, 0.15) is 17.5 Å². The van der Waals surface area contributed by atoms with Crippen LogP contribution < -0.4 is 10.2 Å². The molecule has 1 atom stereocenters. The number of fused-ring (bicyclic) bond motifs is 1. The first-order chi connectivity index (χ1) is 13.8. The van der Waals surface area contributed by atoms with Gasteiger partial charge in [-0.3, -0.25) is 9.78 Å². The van der Waals surface area contributed by atoms with Gasteiger partial charge in [-0.15, -0.1) is 0 Å². The van der Waals surface area contributed by atoms with Crippen LogP contribution in [-0.2, 0) is 24.4 Å². The molecule has 0 saturated carbocycles. The van der Waals surface area contributed by atoms with Crippen molar-refractivity contribution in [1.82, 2.24) is 14.9 Å². The van der Waals surface area contributed by atoms with Crippen molar-refractivity contribution >= 4 is 22.5 Å². The molecule has 1 N–H and O–H groups in total. The number of nitrogens with zero attached hydrogens (tertiary/aromatic N) is 3. The van der Waals surface area contributed by atoms with Gasteiger partial charge in [0, 0.05) is 44.1 Å². The molecule has 29 heavy (non-hydrogen) atoms. The molecule has 0 radical (unpaired) electrons. The Hall–Kier alpha value is -3.03. The summed E-state index contributed by atoms with van der Waals surface area (Å²) in [6.07, 6.45) is 0.754. The maximum Gasteiger partial charge on any atom is 0.417 e. The predicted octanol–water partition coefficient (Wildman–Crippen LogP) is 3.53. The van der Waals surface area contributed by atoms with E-state index in [1.54, 1.807) is 0 Å². The number of amides is 1. The fourth-order valence-corrected chi connectivity index (χ4v) is 3.77. The van der Waals surface area contributed by atoms with Crippen molar-refractivity contribution in [3.8, 4) is 0 Å². The van der Waals surface area contributed by atoms with Gasteiger partial charge >= 0.3 is 6.18 Å². The number of hydrogen-bond donors (Lipinski definition) is 1. The second-order valence-corrected chi connectivity index (χ2v) is 7.43. The lowest BCUT2D eigenvalue weighted by Crippen LogP contribution is -2.38. The minimum atomic E-state index is -4.42. The van der Waals surface area contributed by atoms with Crippen molar-refractivity contribution in [3.05, 3.63) is 60.0 Å². The van der Waals surface area contributed by atoms with E-state index in [1.165, 1.54) is 6.20 Å². The van der Waals surface area contributed by atoms with Gasteiger partial charge in [0.15, 0.2) is 0 Å². The molecule has 1 aromatic carbocycles. The highest BCUT2D eigenvalue weighted by Gasteiger charge is 2.32. The highest BCUT2D eigenvalue weighted by atomic mass is 19.4. The molecule has 4 rings (SSSR count). The maximum atomic E-state index is 12.9. The van der Waals surface area contributed by atoms with Gasteiger partial charge in [-0.2, -0.15) is 13.2 Å². The summed E-state index contributed by atoms with van der Waals surface area (Å²) < 4.78 is 40.7. The fourth-order valence-electron chi connectivity index (χ4n) is 3.77. The molecule has 1 unspecified atom stereocenters. The van der Waals surface area contributed by atoms with Crippen LogP contribution in [-0.4, -0.2) is 34.6 Å². The Labute approximate surface area is 166 Å². The lowest BCUT2D eigenvalue weighted by Gasteiger charge is -2.20. The van der Waals surface area contributed by atoms with Crippen molar-refractivity contribution in [3.63, 3.8) is 0 Å². The van der Waals surface area contributed by atoms with Gasteiger partial charge in [0.1, 0.15) is 0 Å². The van der Waals surface area contributed by atoms with Gasteiger partial charge in [-0.1, -0.05) is 6.07 Å². The van der Waals surface area contributed by atoms with Gasteiger partial charge in [0.25, 0.3) is 0 Å². The highest BCUT2D eigenvalue weighted by molar-refractivity contribution is 5.84. The zero-order chi connectivity index (χ0) is 20.6. The molecule has 1 aliphatic heterocycles. The number of aryl methyl sites for hydroxylation is 1. The predicted molar refractivity (Wildman–Crippen MR) is 105 cm³/mol. The van der Waals surface area contributed by atoms with Crippen molar-refractivity contribution in [1.29, 1.82) is 0 Å². The number of pyridine rings is 1. The first kappa shape index (κ1) is 19.3. The van der Waals surface area contributed by atoms with Crippen molar-refractivity contribution in [2.24, 2.45) is 7.05 Å². The molecular weight excluding hydrogens is 381 g/mol. The molecule has 152 valence electrons. The fraction of sp³-hybridized carbons (Fsp3) is 0.333. The Morgan fingerprint density at radius 2 is 2.07 bits per heavy atom. The Kier molecular flexibility index (Phi) is 4.94.